The van der Waals surface area contributed by atoms with E-state index in [2.05, 4.69) is 18.3 Å². The number of nitrogens with zero attached hydrogens (tertiary/aromatic N) is 1. The Balaban J connectivity index is 1.88. The lowest BCUT2D eigenvalue weighted by atomic mass is 10.00. The second-order valence-electron chi connectivity index (χ2n) is 5.95. The van der Waals surface area contributed by atoms with Gasteiger partial charge in [-0.3, -0.25) is 19.7 Å². The van der Waals surface area contributed by atoms with E-state index in [9.17, 15) is 14.4 Å². The van der Waals surface area contributed by atoms with Gasteiger partial charge in [-0.2, -0.15) is 0 Å². The average molecular weight is 300 g/mol. The molecule has 0 saturated carbocycles. The van der Waals surface area contributed by atoms with Crippen LogP contribution in [0.5, 0.6) is 0 Å². The highest BCUT2D eigenvalue weighted by molar-refractivity contribution is 6.04. The highest BCUT2D eigenvalue weighted by atomic mass is 16.2. The van der Waals surface area contributed by atoms with Gasteiger partial charge in [0.25, 0.3) is 5.91 Å². The molecule has 22 heavy (non-hydrogen) atoms. The molecule has 1 aromatic carbocycles. The molecule has 1 aromatic rings. The number of carbonyl (C=O) groups excluding carboxylic acids is 3. The lowest BCUT2D eigenvalue weighted by Gasteiger charge is -2.24. The molecular formula is C17H20N2O3. The Kier molecular flexibility index (Phi) is 3.96. The van der Waals surface area contributed by atoms with Gasteiger partial charge in [-0.05, 0) is 36.5 Å². The molecule has 2 aliphatic heterocycles. The molecule has 1 N–H and O–H groups in total. The number of imide groups is 1. The van der Waals surface area contributed by atoms with E-state index in [0.29, 0.717) is 31.4 Å². The van der Waals surface area contributed by atoms with Crippen LogP contribution in [0.3, 0.4) is 0 Å². The molecule has 1 unspecified atom stereocenters. The van der Waals surface area contributed by atoms with Gasteiger partial charge in [-0.25, -0.2) is 0 Å². The van der Waals surface area contributed by atoms with Crippen LogP contribution in [-0.4, -0.2) is 28.7 Å². The highest BCUT2D eigenvalue weighted by Gasteiger charge is 2.38. The Morgan fingerprint density at radius 2 is 2.09 bits per heavy atom. The maximum Gasteiger partial charge on any atom is 0.255 e. The summed E-state index contributed by atoms with van der Waals surface area (Å²) in [6.07, 6.45) is 3.46. The molecule has 0 spiro atoms. The molecule has 116 valence electrons. The van der Waals surface area contributed by atoms with Crippen molar-refractivity contribution in [3.8, 4) is 0 Å². The monoisotopic (exact) mass is 300 g/mol. The Morgan fingerprint density at radius 3 is 2.86 bits per heavy atom. The van der Waals surface area contributed by atoms with Crippen molar-refractivity contribution >= 4 is 17.7 Å². The Morgan fingerprint density at radius 1 is 1.27 bits per heavy atom. The van der Waals surface area contributed by atoms with Crippen LogP contribution in [0.4, 0.5) is 0 Å². The van der Waals surface area contributed by atoms with E-state index in [0.717, 1.165) is 18.4 Å². The van der Waals surface area contributed by atoms with Crippen LogP contribution in [0.1, 0.15) is 54.1 Å². The molecule has 1 fully saturated rings. The van der Waals surface area contributed by atoms with Gasteiger partial charge in [0, 0.05) is 18.5 Å². The Bertz CT molecular complexity index is 639. The van der Waals surface area contributed by atoms with Gasteiger partial charge in [-0.15, -0.1) is 0 Å². The minimum Gasteiger partial charge on any atom is -0.322 e. The fourth-order valence-electron chi connectivity index (χ4n) is 3.34. The molecule has 0 radical (unpaired) electrons. The molecule has 5 nitrogen and oxygen atoms in total. The number of benzene rings is 1. The largest absolute Gasteiger partial charge is 0.322 e. The first-order valence-corrected chi connectivity index (χ1v) is 7.87. The van der Waals surface area contributed by atoms with Crippen LogP contribution < -0.4 is 5.32 Å². The maximum atomic E-state index is 12.7. The Hall–Kier alpha value is -2.17. The topological polar surface area (TPSA) is 66.5 Å². The summed E-state index contributed by atoms with van der Waals surface area (Å²) in [6, 6.07) is 5.25. The number of nitrogens with one attached hydrogen (secondary N) is 1. The number of aryl methyl sites for hydroxylation is 1. The average Bonchev–Trinajstić information content (AvgIpc) is 2.72. The van der Waals surface area contributed by atoms with Crippen LogP contribution in [0, 0.1) is 0 Å². The zero-order chi connectivity index (χ0) is 15.7. The summed E-state index contributed by atoms with van der Waals surface area (Å²) < 4.78 is 0. The summed E-state index contributed by atoms with van der Waals surface area (Å²) in [5.74, 6) is -0.688. The quantitative estimate of drug-likeness (QED) is 0.865. The predicted octanol–water partition coefficient (Wildman–Crippen LogP) is 1.79. The molecular weight excluding hydrogens is 280 g/mol. The van der Waals surface area contributed by atoms with Gasteiger partial charge in [0.05, 0.1) is 0 Å². The van der Waals surface area contributed by atoms with Crippen molar-refractivity contribution in [2.24, 2.45) is 0 Å². The first-order chi connectivity index (χ1) is 10.6. The van der Waals surface area contributed by atoms with Crippen molar-refractivity contribution < 1.29 is 14.4 Å². The number of rotatable bonds is 3. The molecule has 5 heteroatoms. The van der Waals surface area contributed by atoms with Gasteiger partial charge in [0.2, 0.25) is 11.8 Å². The fraction of sp³-hybridized carbons (Fsp3) is 0.471. The summed E-state index contributed by atoms with van der Waals surface area (Å²) in [7, 11) is 0. The van der Waals surface area contributed by atoms with Crippen molar-refractivity contribution in [1.29, 1.82) is 0 Å². The number of amides is 3. The molecule has 0 bridgehead atoms. The van der Waals surface area contributed by atoms with E-state index in [-0.39, 0.29) is 17.7 Å². The summed E-state index contributed by atoms with van der Waals surface area (Å²) >= 11 is 0. The third-order valence-electron chi connectivity index (χ3n) is 4.43. The number of fused-ring (bicyclic) bond motifs is 1. The fourth-order valence-corrected chi connectivity index (χ4v) is 3.34. The predicted molar refractivity (Wildman–Crippen MR) is 81.1 cm³/mol. The van der Waals surface area contributed by atoms with E-state index >= 15 is 0 Å². The van der Waals surface area contributed by atoms with E-state index in [1.807, 2.05) is 12.1 Å². The van der Waals surface area contributed by atoms with E-state index < -0.39 is 6.04 Å². The van der Waals surface area contributed by atoms with Crippen molar-refractivity contribution in [2.45, 2.75) is 51.6 Å². The van der Waals surface area contributed by atoms with Crippen molar-refractivity contribution in [2.75, 3.05) is 0 Å². The van der Waals surface area contributed by atoms with E-state index in [4.69, 9.17) is 0 Å². The zero-order valence-corrected chi connectivity index (χ0v) is 12.7. The molecule has 1 saturated heterocycles. The summed E-state index contributed by atoms with van der Waals surface area (Å²) in [5, 5.41) is 2.38. The molecule has 2 aliphatic rings. The van der Waals surface area contributed by atoms with Gasteiger partial charge >= 0.3 is 0 Å². The molecule has 3 rings (SSSR count). The first kappa shape index (κ1) is 14.8. The van der Waals surface area contributed by atoms with Crippen molar-refractivity contribution in [3.05, 3.63) is 34.9 Å². The number of carbonyl (C=O) groups is 3. The molecule has 2 heterocycles. The number of hydrogen-bond donors (Lipinski definition) is 1. The Labute approximate surface area is 129 Å². The van der Waals surface area contributed by atoms with Crippen LogP contribution >= 0.6 is 0 Å². The van der Waals surface area contributed by atoms with E-state index in [1.54, 1.807) is 4.90 Å². The SMILES string of the molecule is CCCc1cccc2c1CN(C1CCCC(=O)NC1=O)C2=O. The van der Waals surface area contributed by atoms with Crippen LogP contribution in [0.25, 0.3) is 0 Å². The van der Waals surface area contributed by atoms with Crippen LogP contribution in [-0.2, 0) is 22.6 Å². The molecule has 0 aliphatic carbocycles. The van der Waals surface area contributed by atoms with Gasteiger partial charge < -0.3 is 4.90 Å². The first-order valence-electron chi connectivity index (χ1n) is 7.87. The summed E-state index contributed by atoms with van der Waals surface area (Å²) in [4.78, 5) is 37.9. The van der Waals surface area contributed by atoms with E-state index in [1.165, 1.54) is 5.56 Å². The zero-order valence-electron chi connectivity index (χ0n) is 12.7. The summed E-state index contributed by atoms with van der Waals surface area (Å²) in [6.45, 7) is 2.58. The van der Waals surface area contributed by atoms with Gasteiger partial charge in [0.1, 0.15) is 6.04 Å². The lowest BCUT2D eigenvalue weighted by Crippen LogP contribution is -2.46. The standard InChI is InChI=1S/C17H20N2O3/c1-2-5-11-6-3-7-12-13(11)10-19(17(12)22)14-8-4-9-15(20)18-16(14)21/h3,6-7,14H,2,4-5,8-10H2,1H3,(H,18,20,21). The van der Waals surface area contributed by atoms with Gasteiger partial charge in [-0.1, -0.05) is 25.5 Å². The third-order valence-corrected chi connectivity index (χ3v) is 4.43. The van der Waals surface area contributed by atoms with Gasteiger partial charge in [0.15, 0.2) is 0 Å². The second kappa shape index (κ2) is 5.91. The van der Waals surface area contributed by atoms with Crippen LogP contribution in [0.2, 0.25) is 0 Å². The molecule has 0 aromatic heterocycles. The molecule has 1 atom stereocenters. The lowest BCUT2D eigenvalue weighted by molar-refractivity contribution is -0.132. The third kappa shape index (κ3) is 2.51. The minimum absolute atomic E-state index is 0.0950. The molecule has 3 amide bonds. The summed E-state index contributed by atoms with van der Waals surface area (Å²) in [5.41, 5.74) is 2.92. The van der Waals surface area contributed by atoms with Crippen molar-refractivity contribution in [3.63, 3.8) is 0 Å². The highest BCUT2D eigenvalue weighted by Crippen LogP contribution is 2.30. The normalized spacial score (nSPS) is 21.6. The number of hydrogen-bond acceptors (Lipinski definition) is 3. The second-order valence-corrected chi connectivity index (χ2v) is 5.95. The minimum atomic E-state index is -0.541. The smallest absolute Gasteiger partial charge is 0.255 e. The maximum absolute atomic E-state index is 12.7. The van der Waals surface area contributed by atoms with Crippen LogP contribution in [0.15, 0.2) is 18.2 Å². The van der Waals surface area contributed by atoms with Crippen molar-refractivity contribution in [1.82, 2.24) is 10.2 Å².